The second-order valence-electron chi connectivity index (χ2n) is 6.92. The Balaban J connectivity index is 1.71. The molecule has 154 valence electrons. The van der Waals surface area contributed by atoms with Gasteiger partial charge >= 0.3 is 6.61 Å². The molecule has 4 rings (SSSR count). The monoisotopic (exact) mass is 423 g/mol. The van der Waals surface area contributed by atoms with Gasteiger partial charge in [0.2, 0.25) is 15.9 Å². The van der Waals surface area contributed by atoms with Gasteiger partial charge in [-0.1, -0.05) is 0 Å². The third kappa shape index (κ3) is 3.32. The summed E-state index contributed by atoms with van der Waals surface area (Å²) in [5.41, 5.74) is 2.26. The number of rotatable bonds is 4. The van der Waals surface area contributed by atoms with Crippen molar-refractivity contribution < 1.29 is 27.0 Å². The van der Waals surface area contributed by atoms with E-state index in [2.05, 4.69) is 9.72 Å². The number of sulfonamides is 1. The quantitative estimate of drug-likeness (QED) is 0.697. The molecule has 3 aromatic rings. The van der Waals surface area contributed by atoms with Crippen LogP contribution in [0.3, 0.4) is 0 Å². The van der Waals surface area contributed by atoms with Gasteiger partial charge in [-0.25, -0.2) is 8.42 Å². The molecule has 0 unspecified atom stereocenters. The Kier molecular flexibility index (Phi) is 4.70. The van der Waals surface area contributed by atoms with Crippen LogP contribution in [-0.2, 0) is 23.1 Å². The molecule has 0 radical (unpaired) electrons. The number of nitrogens with zero attached hydrogens (tertiary/aromatic N) is 3. The van der Waals surface area contributed by atoms with E-state index in [0.29, 0.717) is 22.2 Å². The molecule has 1 aromatic carbocycles. The topological polar surface area (TPSA) is 84.7 Å². The van der Waals surface area contributed by atoms with Crippen molar-refractivity contribution in [2.75, 3.05) is 6.54 Å². The third-order valence-corrected chi connectivity index (χ3v) is 7.02. The molecule has 3 heterocycles. The first-order valence-electron chi connectivity index (χ1n) is 8.92. The van der Waals surface area contributed by atoms with Gasteiger partial charge in [0.1, 0.15) is 5.75 Å². The van der Waals surface area contributed by atoms with Crippen molar-refractivity contribution >= 4 is 20.9 Å². The van der Waals surface area contributed by atoms with Gasteiger partial charge in [0, 0.05) is 18.8 Å². The Morgan fingerprint density at radius 2 is 1.93 bits per heavy atom. The van der Waals surface area contributed by atoms with Crippen LogP contribution in [0.1, 0.15) is 17.0 Å². The zero-order valence-corrected chi connectivity index (χ0v) is 16.6. The van der Waals surface area contributed by atoms with Gasteiger partial charge in [-0.2, -0.15) is 13.1 Å². The number of aryl methyl sites for hydroxylation is 2. The summed E-state index contributed by atoms with van der Waals surface area (Å²) in [6.07, 6.45) is 0. The molecule has 1 aliphatic rings. The number of ether oxygens (including phenoxy) is 1. The van der Waals surface area contributed by atoms with Crippen LogP contribution in [0.5, 0.6) is 11.6 Å². The first-order chi connectivity index (χ1) is 13.7. The van der Waals surface area contributed by atoms with E-state index in [1.165, 1.54) is 29.4 Å². The minimum Gasteiger partial charge on any atom is -0.494 e. The van der Waals surface area contributed by atoms with Crippen LogP contribution in [0, 0.1) is 13.8 Å². The molecule has 0 amide bonds. The van der Waals surface area contributed by atoms with Crippen LogP contribution in [0.4, 0.5) is 8.78 Å². The van der Waals surface area contributed by atoms with Crippen LogP contribution >= 0.6 is 0 Å². The zero-order chi connectivity index (χ0) is 20.9. The van der Waals surface area contributed by atoms with Gasteiger partial charge < -0.3 is 14.4 Å². The lowest BCUT2D eigenvalue weighted by Crippen LogP contribution is -2.38. The fourth-order valence-corrected chi connectivity index (χ4v) is 5.25. The molecule has 0 saturated heterocycles. The van der Waals surface area contributed by atoms with Crippen LogP contribution in [0.25, 0.3) is 10.9 Å². The number of pyridine rings is 1. The van der Waals surface area contributed by atoms with E-state index >= 15 is 0 Å². The van der Waals surface area contributed by atoms with E-state index in [9.17, 15) is 22.3 Å². The zero-order valence-electron chi connectivity index (χ0n) is 15.8. The maximum atomic E-state index is 13.2. The van der Waals surface area contributed by atoms with E-state index in [1.54, 1.807) is 16.7 Å². The molecule has 1 aliphatic heterocycles. The second-order valence-corrected chi connectivity index (χ2v) is 8.82. The summed E-state index contributed by atoms with van der Waals surface area (Å²) in [6, 6.07) is 7.31. The summed E-state index contributed by atoms with van der Waals surface area (Å²) < 4.78 is 58.5. The predicted octanol–water partition coefficient (Wildman–Crippen LogP) is 3.16. The molecule has 0 bridgehead atoms. The summed E-state index contributed by atoms with van der Waals surface area (Å²) in [4.78, 5) is 4.49. The highest BCUT2D eigenvalue weighted by Gasteiger charge is 2.32. The Labute approximate surface area is 166 Å². The summed E-state index contributed by atoms with van der Waals surface area (Å²) in [5, 5.41) is 11.0. The molecular formula is C19H19F2N3O4S. The summed E-state index contributed by atoms with van der Waals surface area (Å²) in [6.45, 7) is 0.862. The number of halogens is 2. The SMILES string of the molecule is Cc1ccc2c(O)n3c(c2n1)CN(S(=O)(=O)c1ccc(OC(F)F)cc1C)CC3. The molecule has 7 nitrogen and oxygen atoms in total. The largest absolute Gasteiger partial charge is 0.494 e. The van der Waals surface area contributed by atoms with Crippen molar-refractivity contribution in [3.8, 4) is 11.6 Å². The van der Waals surface area contributed by atoms with Crippen molar-refractivity contribution in [3.05, 3.63) is 47.3 Å². The molecule has 0 atom stereocenters. The van der Waals surface area contributed by atoms with Crippen molar-refractivity contribution in [2.45, 2.75) is 38.4 Å². The van der Waals surface area contributed by atoms with Gasteiger partial charge in [0.05, 0.1) is 28.0 Å². The van der Waals surface area contributed by atoms with Crippen LogP contribution in [-0.4, -0.2) is 40.5 Å². The normalized spacial score (nSPS) is 15.1. The number of aromatic nitrogens is 2. The summed E-state index contributed by atoms with van der Waals surface area (Å²) in [5.74, 6) is -0.0243. The van der Waals surface area contributed by atoms with Crippen molar-refractivity contribution in [3.63, 3.8) is 0 Å². The van der Waals surface area contributed by atoms with E-state index < -0.39 is 16.6 Å². The maximum Gasteiger partial charge on any atom is 0.387 e. The molecule has 29 heavy (non-hydrogen) atoms. The molecule has 0 spiro atoms. The number of benzene rings is 1. The minimum atomic E-state index is -3.88. The highest BCUT2D eigenvalue weighted by atomic mass is 32.2. The number of alkyl halides is 2. The maximum absolute atomic E-state index is 13.2. The van der Waals surface area contributed by atoms with Crippen molar-refractivity contribution in [1.29, 1.82) is 0 Å². The smallest absolute Gasteiger partial charge is 0.387 e. The van der Waals surface area contributed by atoms with Crippen LogP contribution in [0.2, 0.25) is 0 Å². The standard InChI is InChI=1S/C19H19F2N3O4S/c1-11-9-13(28-19(20)21)4-6-16(11)29(26,27)23-7-8-24-15(10-23)17-14(18(24)25)5-3-12(2)22-17/h3-6,9,19,25H,7-8,10H2,1-2H3. The molecular weight excluding hydrogens is 404 g/mol. The highest BCUT2D eigenvalue weighted by Crippen LogP contribution is 2.35. The third-order valence-electron chi connectivity index (χ3n) is 5.02. The Morgan fingerprint density at radius 1 is 1.17 bits per heavy atom. The predicted molar refractivity (Wildman–Crippen MR) is 102 cm³/mol. The Morgan fingerprint density at radius 3 is 2.62 bits per heavy atom. The fraction of sp³-hybridized carbons (Fsp3) is 0.316. The second kappa shape index (κ2) is 6.96. The first-order valence-corrected chi connectivity index (χ1v) is 10.4. The average Bonchev–Trinajstić information content (AvgIpc) is 2.92. The van der Waals surface area contributed by atoms with E-state index in [0.717, 1.165) is 5.69 Å². The van der Waals surface area contributed by atoms with Crippen LogP contribution in [0.15, 0.2) is 35.2 Å². The van der Waals surface area contributed by atoms with Gasteiger partial charge in [0.25, 0.3) is 0 Å². The minimum absolute atomic E-state index is 0.0248. The number of hydrogen-bond acceptors (Lipinski definition) is 5. The van der Waals surface area contributed by atoms with Crippen molar-refractivity contribution in [2.24, 2.45) is 0 Å². The lowest BCUT2D eigenvalue weighted by Gasteiger charge is -2.28. The molecule has 1 N–H and O–H groups in total. The van der Waals surface area contributed by atoms with Gasteiger partial charge in [0.15, 0.2) is 0 Å². The van der Waals surface area contributed by atoms with Crippen LogP contribution < -0.4 is 4.74 Å². The fourth-order valence-electron chi connectivity index (χ4n) is 3.65. The molecule has 10 heteroatoms. The molecule has 2 aromatic heterocycles. The van der Waals surface area contributed by atoms with E-state index in [-0.39, 0.29) is 36.2 Å². The number of aromatic hydroxyl groups is 1. The first kappa shape index (κ1) is 19.6. The molecule has 0 fully saturated rings. The lowest BCUT2D eigenvalue weighted by molar-refractivity contribution is -0.0499. The van der Waals surface area contributed by atoms with Gasteiger partial charge in [-0.15, -0.1) is 0 Å². The van der Waals surface area contributed by atoms with Crippen molar-refractivity contribution in [1.82, 2.24) is 13.9 Å². The summed E-state index contributed by atoms with van der Waals surface area (Å²) in [7, 11) is -3.88. The highest BCUT2D eigenvalue weighted by molar-refractivity contribution is 7.89. The Bertz CT molecular complexity index is 1210. The van der Waals surface area contributed by atoms with Gasteiger partial charge in [-0.05, 0) is 49.7 Å². The van der Waals surface area contributed by atoms with E-state index in [4.69, 9.17) is 0 Å². The van der Waals surface area contributed by atoms with E-state index in [1.807, 2.05) is 6.92 Å². The summed E-state index contributed by atoms with van der Waals surface area (Å²) >= 11 is 0. The molecule has 0 saturated carbocycles. The lowest BCUT2D eigenvalue weighted by atomic mass is 10.2. The molecule has 0 aliphatic carbocycles. The Hall–Kier alpha value is -2.72. The van der Waals surface area contributed by atoms with Gasteiger partial charge in [-0.3, -0.25) is 4.98 Å². The average molecular weight is 423 g/mol. The number of hydrogen-bond donors (Lipinski definition) is 1. The number of fused-ring (bicyclic) bond motifs is 3.